The number of amides is 1. The van der Waals surface area contributed by atoms with Crippen LogP contribution in [0, 0.1) is 0 Å². The van der Waals surface area contributed by atoms with E-state index in [0.717, 1.165) is 57.8 Å². The predicted molar refractivity (Wildman–Crippen MR) is 443 cm³/mol. The normalized spacial score (nSPS) is 25.3. The van der Waals surface area contributed by atoms with E-state index in [9.17, 15) is 61.0 Å². The zero-order valence-corrected chi connectivity index (χ0v) is 70.0. The monoisotopic (exact) mass is 1570 g/mol. The van der Waals surface area contributed by atoms with Gasteiger partial charge in [-0.05, 0) is 51.4 Å². The van der Waals surface area contributed by atoms with Crippen LogP contribution in [0.5, 0.6) is 0 Å². The van der Waals surface area contributed by atoms with Gasteiger partial charge in [0.05, 0.1) is 38.6 Å². The van der Waals surface area contributed by atoms with Crippen LogP contribution in [0.25, 0.3) is 0 Å². The summed E-state index contributed by atoms with van der Waals surface area (Å²) in [6.07, 6.45) is 64.0. The van der Waals surface area contributed by atoms with Gasteiger partial charge in [0.25, 0.3) is 0 Å². The number of hydrogen-bond acceptors (Lipinski definition) is 18. The van der Waals surface area contributed by atoms with Gasteiger partial charge in [0.15, 0.2) is 18.9 Å². The van der Waals surface area contributed by atoms with E-state index in [-0.39, 0.29) is 18.9 Å². The minimum absolute atomic E-state index is 0.233. The van der Waals surface area contributed by atoms with Crippen molar-refractivity contribution in [1.82, 2.24) is 5.32 Å². The quantitative estimate of drug-likeness (QED) is 0.0199. The lowest BCUT2D eigenvalue weighted by atomic mass is 9.96. The number of unbranched alkanes of at least 4 members (excludes halogenated alkanes) is 54. The van der Waals surface area contributed by atoms with Gasteiger partial charge in [-0.15, -0.1) is 0 Å². The van der Waals surface area contributed by atoms with Gasteiger partial charge in [0.2, 0.25) is 5.91 Å². The van der Waals surface area contributed by atoms with E-state index < -0.39 is 124 Å². The molecule has 0 aromatic heterocycles. The number of ether oxygens (including phenoxy) is 6. The standard InChI is InChI=1S/C91H171NO18/c1-3-5-7-9-11-13-15-17-19-21-23-25-27-29-31-32-33-34-35-36-37-38-39-40-41-42-43-45-47-49-51-53-55-57-59-61-63-65-67-69-79(97)92-74(75(96)68-66-64-62-60-58-56-54-52-50-48-46-44-30-28-26-24-22-20-18-16-14-12-10-8-6-4-2)73-105-89-85(103)82(100)87(77(71-94)107-89)110-91-86(104)83(101)88(78(72-95)108-91)109-90-84(102)81(99)80(98)76(70-93)106-90/h15,17,21,23,27,29,74-78,80-91,93-96,98-104H,3-14,16,18-20,22,24-26,28,30-73H2,1-2H3,(H,92,97)/b17-15-,23-21-,29-27-. The first-order valence-corrected chi connectivity index (χ1v) is 46.2. The van der Waals surface area contributed by atoms with Crippen molar-refractivity contribution < 1.29 is 89.4 Å². The number of aliphatic hydroxyl groups is 11. The summed E-state index contributed by atoms with van der Waals surface area (Å²) in [4.78, 5) is 13.5. The smallest absolute Gasteiger partial charge is 0.220 e. The topological polar surface area (TPSA) is 307 Å². The van der Waals surface area contributed by atoms with E-state index in [1.807, 2.05) is 0 Å². The number of aliphatic hydroxyl groups excluding tert-OH is 11. The van der Waals surface area contributed by atoms with Crippen molar-refractivity contribution in [2.24, 2.45) is 0 Å². The molecule has 648 valence electrons. The molecule has 0 bridgehead atoms. The van der Waals surface area contributed by atoms with Crippen molar-refractivity contribution in [3.05, 3.63) is 36.5 Å². The van der Waals surface area contributed by atoms with Gasteiger partial charge in [-0.2, -0.15) is 0 Å². The Morgan fingerprint density at radius 3 is 0.936 bits per heavy atom. The molecule has 19 nitrogen and oxygen atoms in total. The van der Waals surface area contributed by atoms with Gasteiger partial charge in [-0.3, -0.25) is 4.79 Å². The van der Waals surface area contributed by atoms with Crippen LogP contribution in [0.2, 0.25) is 0 Å². The number of hydrogen-bond donors (Lipinski definition) is 12. The molecule has 19 heteroatoms. The third-order valence-corrected chi connectivity index (χ3v) is 23.2. The van der Waals surface area contributed by atoms with Crippen LogP contribution >= 0.6 is 0 Å². The van der Waals surface area contributed by atoms with Crippen molar-refractivity contribution in [3.63, 3.8) is 0 Å². The summed E-state index contributed by atoms with van der Waals surface area (Å²) in [6.45, 7) is 1.86. The fraction of sp³-hybridized carbons (Fsp3) is 0.923. The molecule has 3 saturated heterocycles. The molecule has 17 atom stereocenters. The van der Waals surface area contributed by atoms with Crippen LogP contribution in [0.1, 0.15) is 406 Å². The van der Waals surface area contributed by atoms with E-state index >= 15 is 0 Å². The van der Waals surface area contributed by atoms with Crippen LogP contribution in [0.15, 0.2) is 36.5 Å². The number of carbonyl (C=O) groups excluding carboxylic acids is 1. The maximum absolute atomic E-state index is 13.5. The molecule has 1 amide bonds. The van der Waals surface area contributed by atoms with Crippen LogP contribution in [0.4, 0.5) is 0 Å². The predicted octanol–water partition coefficient (Wildman–Crippen LogP) is 17.8. The molecule has 0 spiro atoms. The van der Waals surface area contributed by atoms with Crippen molar-refractivity contribution in [2.75, 3.05) is 26.4 Å². The molecular formula is C91H171NO18. The second-order valence-corrected chi connectivity index (χ2v) is 33.1. The van der Waals surface area contributed by atoms with Crippen molar-refractivity contribution in [3.8, 4) is 0 Å². The summed E-state index contributed by atoms with van der Waals surface area (Å²) in [5.74, 6) is -0.233. The van der Waals surface area contributed by atoms with E-state index in [4.69, 9.17) is 28.4 Å². The number of carbonyl (C=O) groups is 1. The van der Waals surface area contributed by atoms with Crippen LogP contribution in [-0.4, -0.2) is 193 Å². The Balaban J connectivity index is 1.29. The summed E-state index contributed by atoms with van der Waals surface area (Å²) in [5, 5.41) is 121. The Labute approximate surface area is 670 Å². The Bertz CT molecular complexity index is 2120. The molecule has 12 N–H and O–H groups in total. The second-order valence-electron chi connectivity index (χ2n) is 33.1. The summed E-state index contributed by atoms with van der Waals surface area (Å²) < 4.78 is 34.6. The molecule has 0 radical (unpaired) electrons. The third-order valence-electron chi connectivity index (χ3n) is 23.2. The van der Waals surface area contributed by atoms with Crippen LogP contribution in [-0.2, 0) is 33.2 Å². The lowest BCUT2D eigenvalue weighted by Gasteiger charge is -2.48. The molecular weight excluding hydrogens is 1390 g/mol. The van der Waals surface area contributed by atoms with Gasteiger partial charge < -0.3 is 89.9 Å². The van der Waals surface area contributed by atoms with Gasteiger partial charge in [-0.25, -0.2) is 0 Å². The molecule has 3 aliphatic heterocycles. The zero-order valence-electron chi connectivity index (χ0n) is 70.0. The summed E-state index contributed by atoms with van der Waals surface area (Å²) >= 11 is 0. The summed E-state index contributed by atoms with van der Waals surface area (Å²) in [7, 11) is 0. The molecule has 110 heavy (non-hydrogen) atoms. The van der Waals surface area contributed by atoms with Gasteiger partial charge in [-0.1, -0.05) is 384 Å². The fourth-order valence-electron chi connectivity index (χ4n) is 15.9. The Hall–Kier alpha value is -1.99. The molecule has 0 aromatic rings. The van der Waals surface area contributed by atoms with E-state index in [1.54, 1.807) is 0 Å². The Morgan fingerprint density at radius 1 is 0.327 bits per heavy atom. The first-order chi connectivity index (χ1) is 53.8. The minimum atomic E-state index is -1.97. The fourth-order valence-corrected chi connectivity index (χ4v) is 15.9. The number of nitrogens with one attached hydrogen (secondary N) is 1. The van der Waals surface area contributed by atoms with E-state index in [0.29, 0.717) is 12.8 Å². The Morgan fingerprint density at radius 2 is 0.600 bits per heavy atom. The van der Waals surface area contributed by atoms with Crippen LogP contribution < -0.4 is 5.32 Å². The molecule has 17 unspecified atom stereocenters. The average molecular weight is 1570 g/mol. The lowest BCUT2D eigenvalue weighted by Crippen LogP contribution is -2.66. The Kier molecular flexibility index (Phi) is 66.1. The van der Waals surface area contributed by atoms with Gasteiger partial charge >= 0.3 is 0 Å². The van der Waals surface area contributed by atoms with Gasteiger partial charge in [0, 0.05) is 6.42 Å². The molecule has 3 rings (SSSR count). The second kappa shape index (κ2) is 71.1. The summed E-state index contributed by atoms with van der Waals surface area (Å²) in [5.41, 5.74) is 0. The molecule has 3 heterocycles. The molecule has 0 saturated carbocycles. The highest BCUT2D eigenvalue weighted by Gasteiger charge is 2.54. The summed E-state index contributed by atoms with van der Waals surface area (Å²) in [6, 6.07) is -0.887. The first-order valence-electron chi connectivity index (χ1n) is 46.2. The highest BCUT2D eigenvalue weighted by Crippen LogP contribution is 2.34. The first kappa shape index (κ1) is 102. The van der Waals surface area contributed by atoms with Crippen molar-refractivity contribution in [2.45, 2.75) is 510 Å². The zero-order chi connectivity index (χ0) is 79.5. The average Bonchev–Trinajstić information content (AvgIpc) is 0.780. The van der Waals surface area contributed by atoms with Crippen molar-refractivity contribution in [1.29, 1.82) is 0 Å². The van der Waals surface area contributed by atoms with E-state index in [1.165, 1.54) is 315 Å². The van der Waals surface area contributed by atoms with Crippen LogP contribution in [0.3, 0.4) is 0 Å². The highest BCUT2D eigenvalue weighted by atomic mass is 16.8. The molecule has 3 fully saturated rings. The molecule has 0 aliphatic carbocycles. The lowest BCUT2D eigenvalue weighted by molar-refractivity contribution is -0.379. The molecule has 3 aliphatic rings. The largest absolute Gasteiger partial charge is 0.394 e. The van der Waals surface area contributed by atoms with E-state index in [2.05, 4.69) is 55.6 Å². The minimum Gasteiger partial charge on any atom is -0.394 e. The maximum atomic E-state index is 13.5. The highest BCUT2D eigenvalue weighted by molar-refractivity contribution is 5.76. The SMILES string of the molecule is CCCCCCC/C=C\C/C=C\C/C=C\CCCCCCCCCCCCCCCCCCCCCCCCCCC(=O)NC(COC1OC(CO)C(OC2OC(CO)C(OC3OC(CO)C(O)C(O)C3O)C(O)C2O)C(O)C1O)C(O)CCCCCCCCCCCCCCCCCCCCCCCCCCCC. The number of allylic oxidation sites excluding steroid dienone is 6. The van der Waals surface area contributed by atoms with Gasteiger partial charge in [0.1, 0.15) is 73.2 Å². The van der Waals surface area contributed by atoms with Crippen molar-refractivity contribution >= 4 is 5.91 Å². The maximum Gasteiger partial charge on any atom is 0.220 e. The third kappa shape index (κ3) is 49.3. The molecule has 0 aromatic carbocycles. The number of rotatable bonds is 76.